The van der Waals surface area contributed by atoms with Gasteiger partial charge in [-0.2, -0.15) is 15.1 Å². The van der Waals surface area contributed by atoms with Gasteiger partial charge in [-0.05, 0) is 42.5 Å². The van der Waals surface area contributed by atoms with Gasteiger partial charge in [-0.25, -0.2) is 9.78 Å². The largest absolute Gasteiger partial charge is 0.379 e. The maximum absolute atomic E-state index is 12.4. The van der Waals surface area contributed by atoms with Gasteiger partial charge in [0.2, 0.25) is 5.95 Å². The van der Waals surface area contributed by atoms with E-state index < -0.39 is 0 Å². The number of nitrogens with zero attached hydrogens (tertiary/aromatic N) is 7. The van der Waals surface area contributed by atoms with Crippen molar-refractivity contribution in [3.8, 4) is 22.1 Å². The maximum Gasteiger partial charge on any atom is 0.319 e. The lowest BCUT2D eigenvalue weighted by atomic mass is 10.2. The highest BCUT2D eigenvalue weighted by Crippen LogP contribution is 2.30. The fraction of sp³-hybridized carbons (Fsp3) is 0.393. The molecule has 4 aromatic rings. The molecule has 2 fully saturated rings. The summed E-state index contributed by atoms with van der Waals surface area (Å²) in [7, 11) is 1.84. The molecule has 6 rings (SSSR count). The van der Waals surface area contributed by atoms with Crippen molar-refractivity contribution in [1.82, 2.24) is 34.9 Å². The van der Waals surface area contributed by atoms with Crippen molar-refractivity contribution in [3.63, 3.8) is 0 Å². The van der Waals surface area contributed by atoms with Crippen molar-refractivity contribution in [2.24, 2.45) is 7.05 Å². The van der Waals surface area contributed by atoms with Crippen LogP contribution in [0.5, 0.6) is 0 Å². The van der Waals surface area contributed by atoms with Crippen molar-refractivity contribution < 1.29 is 14.3 Å². The van der Waals surface area contributed by atoms with E-state index in [-0.39, 0.29) is 6.03 Å². The summed E-state index contributed by atoms with van der Waals surface area (Å²) < 4.78 is 12.8. The third-order valence-electron chi connectivity index (χ3n) is 7.04. The number of ether oxygens (including phenoxy) is 2. The SMILES string of the molecule is Cn1nccc1CNC(=O)Nc1ccc(-c2nc(-c3ccc(CN4CCOCC4)s3)nc(N3CCOCC3)n2)cc1. The molecule has 0 radical (unpaired) electrons. The van der Waals surface area contributed by atoms with Gasteiger partial charge in [0.05, 0.1) is 43.5 Å². The molecule has 1 aromatic carbocycles. The highest BCUT2D eigenvalue weighted by atomic mass is 32.1. The van der Waals surface area contributed by atoms with E-state index in [4.69, 9.17) is 24.4 Å². The van der Waals surface area contributed by atoms with Crippen LogP contribution in [0.2, 0.25) is 0 Å². The van der Waals surface area contributed by atoms with Gasteiger partial charge in [0.25, 0.3) is 0 Å². The summed E-state index contributed by atoms with van der Waals surface area (Å²) >= 11 is 1.71. The van der Waals surface area contributed by atoms with E-state index >= 15 is 0 Å². The normalized spacial score (nSPS) is 16.1. The summed E-state index contributed by atoms with van der Waals surface area (Å²) in [5.74, 6) is 1.89. The Kier molecular flexibility index (Phi) is 8.46. The van der Waals surface area contributed by atoms with Crippen LogP contribution in [-0.2, 0) is 29.6 Å². The molecule has 214 valence electrons. The second-order valence-electron chi connectivity index (χ2n) is 9.87. The quantitative estimate of drug-likeness (QED) is 0.326. The molecule has 41 heavy (non-hydrogen) atoms. The molecule has 13 heteroatoms. The van der Waals surface area contributed by atoms with Crippen LogP contribution in [0, 0.1) is 0 Å². The number of benzene rings is 1. The van der Waals surface area contributed by atoms with Crippen molar-refractivity contribution in [2.75, 3.05) is 62.8 Å². The number of urea groups is 1. The van der Waals surface area contributed by atoms with Crippen molar-refractivity contribution in [2.45, 2.75) is 13.1 Å². The van der Waals surface area contributed by atoms with Crippen LogP contribution in [-0.4, -0.2) is 88.3 Å². The Labute approximate surface area is 242 Å². The fourth-order valence-electron chi connectivity index (χ4n) is 4.70. The first-order valence-corrected chi connectivity index (χ1v) is 14.5. The molecule has 2 N–H and O–H groups in total. The van der Waals surface area contributed by atoms with Crippen LogP contribution in [0.3, 0.4) is 0 Å². The number of aromatic nitrogens is 5. The Bertz CT molecular complexity index is 1460. The van der Waals surface area contributed by atoms with E-state index in [1.807, 2.05) is 37.4 Å². The predicted molar refractivity (Wildman–Crippen MR) is 157 cm³/mol. The van der Waals surface area contributed by atoms with E-state index in [1.54, 1.807) is 22.2 Å². The van der Waals surface area contributed by atoms with Gasteiger partial charge >= 0.3 is 6.03 Å². The van der Waals surface area contributed by atoms with Gasteiger partial charge in [-0.15, -0.1) is 11.3 Å². The molecule has 2 amide bonds. The number of rotatable bonds is 8. The van der Waals surface area contributed by atoms with Crippen molar-refractivity contribution in [1.29, 1.82) is 0 Å². The van der Waals surface area contributed by atoms with E-state index in [2.05, 4.69) is 37.7 Å². The number of nitrogens with one attached hydrogen (secondary N) is 2. The van der Waals surface area contributed by atoms with Gasteiger partial charge in [0, 0.05) is 62.1 Å². The second-order valence-corrected chi connectivity index (χ2v) is 11.0. The smallest absolute Gasteiger partial charge is 0.319 e. The molecule has 3 aromatic heterocycles. The van der Waals surface area contributed by atoms with Crippen LogP contribution in [0.4, 0.5) is 16.4 Å². The topological polar surface area (TPSA) is 123 Å². The zero-order chi connectivity index (χ0) is 28.0. The summed E-state index contributed by atoms with van der Waals surface area (Å²) in [5, 5.41) is 9.84. The molecular formula is C28H33N9O3S. The maximum atomic E-state index is 12.4. The lowest BCUT2D eigenvalue weighted by molar-refractivity contribution is 0.0346. The van der Waals surface area contributed by atoms with Crippen LogP contribution < -0.4 is 15.5 Å². The number of hydrogen-bond donors (Lipinski definition) is 2. The monoisotopic (exact) mass is 575 g/mol. The first kappa shape index (κ1) is 27.3. The van der Waals surface area contributed by atoms with Crippen molar-refractivity contribution >= 4 is 29.0 Å². The Hall–Kier alpha value is -3.91. The highest BCUT2D eigenvalue weighted by molar-refractivity contribution is 7.15. The third kappa shape index (κ3) is 6.88. The number of anilines is 2. The van der Waals surface area contributed by atoms with Crippen LogP contribution in [0.25, 0.3) is 22.1 Å². The predicted octanol–water partition coefficient (Wildman–Crippen LogP) is 2.99. The zero-order valence-electron chi connectivity index (χ0n) is 23.0. The Morgan fingerprint density at radius 2 is 1.63 bits per heavy atom. The van der Waals surface area contributed by atoms with Gasteiger partial charge in [-0.3, -0.25) is 9.58 Å². The molecule has 5 heterocycles. The number of amides is 2. The van der Waals surface area contributed by atoms with E-state index in [0.717, 1.165) is 62.1 Å². The molecule has 12 nitrogen and oxygen atoms in total. The van der Waals surface area contributed by atoms with E-state index in [9.17, 15) is 4.79 Å². The van der Waals surface area contributed by atoms with Gasteiger partial charge < -0.3 is 25.0 Å². The molecular weight excluding hydrogens is 542 g/mol. The minimum Gasteiger partial charge on any atom is -0.379 e. The molecule has 0 bridgehead atoms. The van der Waals surface area contributed by atoms with E-state index in [1.165, 1.54) is 4.88 Å². The first-order valence-electron chi connectivity index (χ1n) is 13.7. The number of carbonyl (C=O) groups excluding carboxylic acids is 1. The molecule has 0 saturated carbocycles. The minimum atomic E-state index is -0.290. The van der Waals surface area contributed by atoms with Gasteiger partial charge in [0.15, 0.2) is 11.6 Å². The molecule has 2 aliphatic heterocycles. The summed E-state index contributed by atoms with van der Waals surface area (Å²) in [4.78, 5) is 33.8. The molecule has 0 atom stereocenters. The highest BCUT2D eigenvalue weighted by Gasteiger charge is 2.20. The first-order chi connectivity index (χ1) is 20.1. The average molecular weight is 576 g/mol. The lowest BCUT2D eigenvalue weighted by Gasteiger charge is -2.27. The third-order valence-corrected chi connectivity index (χ3v) is 8.10. The number of hydrogen-bond acceptors (Lipinski definition) is 10. The van der Waals surface area contributed by atoms with Crippen molar-refractivity contribution in [3.05, 3.63) is 59.2 Å². The molecule has 2 saturated heterocycles. The van der Waals surface area contributed by atoms with Gasteiger partial charge in [0.1, 0.15) is 0 Å². The number of morpholine rings is 2. The minimum absolute atomic E-state index is 0.290. The second kappa shape index (κ2) is 12.7. The lowest BCUT2D eigenvalue weighted by Crippen LogP contribution is -2.37. The summed E-state index contributed by atoms with van der Waals surface area (Å²) in [5.41, 5.74) is 2.43. The molecule has 0 unspecified atom stereocenters. The Balaban J connectivity index is 1.19. The van der Waals surface area contributed by atoms with Crippen LogP contribution >= 0.6 is 11.3 Å². The summed E-state index contributed by atoms with van der Waals surface area (Å²) in [6.45, 7) is 7.47. The van der Waals surface area contributed by atoms with Crippen LogP contribution in [0.15, 0.2) is 48.7 Å². The standard InChI is InChI=1S/C28H33N9O3S/c1-35-22(8-9-30-35)18-29-28(38)31-21-4-2-20(3-5-21)25-32-26(34-27(33-25)37-12-16-40-17-13-37)24-7-6-23(41-24)19-36-10-14-39-15-11-36/h2-9H,10-19H2,1H3,(H2,29,31,38). The Morgan fingerprint density at radius 3 is 2.37 bits per heavy atom. The summed E-state index contributed by atoms with van der Waals surface area (Å²) in [6.07, 6.45) is 1.70. The fourth-order valence-corrected chi connectivity index (χ4v) is 5.68. The number of thiophene rings is 1. The zero-order valence-corrected chi connectivity index (χ0v) is 23.8. The van der Waals surface area contributed by atoms with Crippen LogP contribution in [0.1, 0.15) is 10.6 Å². The molecule has 0 aliphatic carbocycles. The average Bonchev–Trinajstić information content (AvgIpc) is 3.66. The Morgan fingerprint density at radius 1 is 0.902 bits per heavy atom. The van der Waals surface area contributed by atoms with Gasteiger partial charge in [-0.1, -0.05) is 0 Å². The molecule has 0 spiro atoms. The van der Waals surface area contributed by atoms with E-state index in [0.29, 0.717) is 43.0 Å². The molecule has 2 aliphatic rings. The number of carbonyl (C=O) groups is 1. The summed E-state index contributed by atoms with van der Waals surface area (Å²) in [6, 6.07) is 13.4. The number of aryl methyl sites for hydroxylation is 1.